The number of likely N-dealkylation sites (N-methyl/N-ethyl adjacent to an activating group) is 1. The number of carbonyl (C=O) groups excluding carboxylic acids is 2. The topological polar surface area (TPSA) is 51.5 Å². The molecule has 3 rings (SSSR count). The molecule has 5 heteroatoms. The minimum atomic E-state index is -1.27. The molecule has 0 spiro atoms. The quantitative estimate of drug-likeness (QED) is 0.782. The van der Waals surface area contributed by atoms with Crippen molar-refractivity contribution in [3.8, 4) is 0 Å². The van der Waals surface area contributed by atoms with Gasteiger partial charge in [-0.05, 0) is 19.1 Å². The fourth-order valence-electron chi connectivity index (χ4n) is 2.47. The number of hydrogen-bond acceptors (Lipinski definition) is 3. The number of carbonyl (C=O) groups is 2. The van der Waals surface area contributed by atoms with Crippen molar-refractivity contribution in [3.63, 3.8) is 0 Å². The summed E-state index contributed by atoms with van der Waals surface area (Å²) in [6.07, 6.45) is 0. The summed E-state index contributed by atoms with van der Waals surface area (Å²) >= 11 is 0. The minimum Gasteiger partial charge on any atom is -0.351 e. The van der Waals surface area contributed by atoms with Gasteiger partial charge in [0.05, 0.1) is 5.52 Å². The number of ether oxygens (including phenoxy) is 1. The van der Waals surface area contributed by atoms with Gasteiger partial charge < -0.3 is 9.64 Å². The molecule has 2 heterocycles. The molecule has 5 nitrogen and oxygen atoms in total. The molecule has 1 amide bonds. The average molecular weight is 258 g/mol. The minimum absolute atomic E-state index is 0.222. The van der Waals surface area contributed by atoms with Gasteiger partial charge in [-0.3, -0.25) is 14.2 Å². The van der Waals surface area contributed by atoms with Crippen LogP contribution in [0, 0.1) is 0 Å². The summed E-state index contributed by atoms with van der Waals surface area (Å²) in [5.74, 6) is -0.478. The van der Waals surface area contributed by atoms with Crippen molar-refractivity contribution in [3.05, 3.63) is 36.0 Å². The number of hydrogen-bond donors (Lipinski definition) is 0. The number of fused-ring (bicyclic) bond motifs is 3. The lowest BCUT2D eigenvalue weighted by molar-refractivity contribution is -0.0750. The largest absolute Gasteiger partial charge is 0.351 e. The van der Waals surface area contributed by atoms with E-state index >= 15 is 0 Å². The van der Waals surface area contributed by atoms with E-state index in [2.05, 4.69) is 0 Å². The zero-order valence-electron chi connectivity index (χ0n) is 11.0. The van der Waals surface area contributed by atoms with E-state index in [0.717, 1.165) is 10.9 Å². The average Bonchev–Trinajstić information content (AvgIpc) is 2.82. The lowest BCUT2D eigenvalue weighted by Gasteiger charge is -2.39. The van der Waals surface area contributed by atoms with Gasteiger partial charge in [-0.2, -0.15) is 0 Å². The molecule has 2 aromatic rings. The second-order valence-electron chi connectivity index (χ2n) is 4.78. The van der Waals surface area contributed by atoms with Gasteiger partial charge in [-0.25, -0.2) is 0 Å². The Morgan fingerprint density at radius 2 is 1.89 bits per heavy atom. The molecule has 1 aliphatic rings. The Bertz CT molecular complexity index is 704. The number of nitrogens with zero attached hydrogens (tertiary/aromatic N) is 2. The van der Waals surface area contributed by atoms with Crippen molar-refractivity contribution in [2.45, 2.75) is 12.6 Å². The summed E-state index contributed by atoms with van der Waals surface area (Å²) in [5, 5.41) is 0.868. The van der Waals surface area contributed by atoms with Crippen molar-refractivity contribution in [1.29, 1.82) is 0 Å². The zero-order valence-corrected chi connectivity index (χ0v) is 11.0. The highest BCUT2D eigenvalue weighted by molar-refractivity contribution is 6.11. The molecule has 0 radical (unpaired) electrons. The molecular weight excluding hydrogens is 244 g/mol. The number of methoxy groups -OCH3 is 1. The Kier molecular flexibility index (Phi) is 2.31. The number of benzene rings is 1. The van der Waals surface area contributed by atoms with E-state index in [4.69, 9.17) is 4.74 Å². The second-order valence-corrected chi connectivity index (χ2v) is 4.78. The third-order valence-electron chi connectivity index (χ3n) is 3.87. The van der Waals surface area contributed by atoms with Crippen LogP contribution in [-0.4, -0.2) is 41.2 Å². The predicted octanol–water partition coefficient (Wildman–Crippen LogP) is 1.73. The van der Waals surface area contributed by atoms with E-state index in [9.17, 15) is 9.59 Å². The first-order chi connectivity index (χ1) is 9.00. The van der Waals surface area contributed by atoms with Crippen LogP contribution < -0.4 is 0 Å². The normalized spacial score (nSPS) is 23.0. The van der Waals surface area contributed by atoms with Crippen LogP contribution in [0.5, 0.6) is 0 Å². The molecule has 0 fully saturated rings. The number of para-hydroxylation sites is 1. The van der Waals surface area contributed by atoms with Crippen molar-refractivity contribution >= 4 is 22.7 Å². The molecule has 1 aromatic carbocycles. The van der Waals surface area contributed by atoms with Gasteiger partial charge in [-0.15, -0.1) is 0 Å². The van der Waals surface area contributed by atoms with Gasteiger partial charge in [0.25, 0.3) is 11.8 Å². The Balaban J connectivity index is 2.37. The molecule has 1 aromatic heterocycles. The van der Waals surface area contributed by atoms with E-state index in [-0.39, 0.29) is 11.8 Å². The highest BCUT2D eigenvalue weighted by Gasteiger charge is 2.47. The second kappa shape index (κ2) is 3.68. The Morgan fingerprint density at radius 3 is 2.58 bits per heavy atom. The SMILES string of the molecule is CO[C@@]1(C)C(=O)n2c(cc3ccccc32)C(=O)N1C. The molecule has 0 bridgehead atoms. The lowest BCUT2D eigenvalue weighted by Crippen LogP contribution is -2.60. The maximum absolute atomic E-state index is 12.6. The van der Waals surface area contributed by atoms with Crippen LogP contribution in [0.15, 0.2) is 30.3 Å². The molecular formula is C14H14N2O3. The predicted molar refractivity (Wildman–Crippen MR) is 70.1 cm³/mol. The van der Waals surface area contributed by atoms with Crippen LogP contribution in [-0.2, 0) is 4.74 Å². The number of rotatable bonds is 1. The van der Waals surface area contributed by atoms with Gasteiger partial charge in [0.15, 0.2) is 0 Å². The third-order valence-corrected chi connectivity index (χ3v) is 3.87. The maximum atomic E-state index is 12.6. The van der Waals surface area contributed by atoms with E-state index in [1.807, 2.05) is 24.3 Å². The molecule has 0 unspecified atom stereocenters. The summed E-state index contributed by atoms with van der Waals surface area (Å²) in [5.41, 5.74) is -0.165. The van der Waals surface area contributed by atoms with E-state index in [1.165, 1.54) is 16.6 Å². The van der Waals surface area contributed by atoms with Crippen LogP contribution in [0.3, 0.4) is 0 Å². The standard InChI is InChI=1S/C14H14N2O3/c1-14(19-3)13(18)16-10-7-5-4-6-9(10)8-11(16)12(17)15(14)2/h4-8H,1-3H3/t14-/m0/s1. The number of aromatic nitrogens is 1. The van der Waals surface area contributed by atoms with Crippen LogP contribution >= 0.6 is 0 Å². The van der Waals surface area contributed by atoms with Gasteiger partial charge in [0, 0.05) is 19.5 Å². The molecule has 0 N–H and O–H groups in total. The van der Waals surface area contributed by atoms with Crippen molar-refractivity contribution in [2.75, 3.05) is 14.2 Å². The summed E-state index contributed by atoms with van der Waals surface area (Å²) in [4.78, 5) is 26.4. The van der Waals surface area contributed by atoms with Gasteiger partial charge >= 0.3 is 0 Å². The van der Waals surface area contributed by atoms with E-state index < -0.39 is 5.72 Å². The smallest absolute Gasteiger partial charge is 0.285 e. The molecule has 98 valence electrons. The molecule has 0 aliphatic carbocycles. The van der Waals surface area contributed by atoms with Crippen molar-refractivity contribution < 1.29 is 14.3 Å². The van der Waals surface area contributed by atoms with Gasteiger partial charge in [0.1, 0.15) is 5.69 Å². The Morgan fingerprint density at radius 1 is 1.21 bits per heavy atom. The monoisotopic (exact) mass is 258 g/mol. The number of amides is 1. The third kappa shape index (κ3) is 1.33. The molecule has 0 saturated heterocycles. The molecule has 19 heavy (non-hydrogen) atoms. The van der Waals surface area contributed by atoms with E-state index in [0.29, 0.717) is 5.69 Å². The maximum Gasteiger partial charge on any atom is 0.285 e. The molecule has 1 aliphatic heterocycles. The van der Waals surface area contributed by atoms with Crippen LogP contribution in [0.1, 0.15) is 22.2 Å². The van der Waals surface area contributed by atoms with Crippen LogP contribution in [0.4, 0.5) is 0 Å². The Labute approximate surface area is 110 Å². The molecule has 0 saturated carbocycles. The first kappa shape index (κ1) is 11.9. The fourth-order valence-corrected chi connectivity index (χ4v) is 2.47. The van der Waals surface area contributed by atoms with Gasteiger partial charge in [0.2, 0.25) is 5.72 Å². The first-order valence-electron chi connectivity index (χ1n) is 5.99. The highest BCUT2D eigenvalue weighted by Crippen LogP contribution is 2.31. The summed E-state index contributed by atoms with van der Waals surface area (Å²) in [7, 11) is 3.00. The summed E-state index contributed by atoms with van der Waals surface area (Å²) in [6, 6.07) is 9.16. The first-order valence-corrected chi connectivity index (χ1v) is 5.99. The van der Waals surface area contributed by atoms with Crippen LogP contribution in [0.25, 0.3) is 10.9 Å². The van der Waals surface area contributed by atoms with E-state index in [1.54, 1.807) is 20.0 Å². The van der Waals surface area contributed by atoms with Crippen LogP contribution in [0.2, 0.25) is 0 Å². The zero-order chi connectivity index (χ0) is 13.8. The lowest BCUT2D eigenvalue weighted by atomic mass is 10.1. The van der Waals surface area contributed by atoms with Crippen molar-refractivity contribution in [2.24, 2.45) is 0 Å². The molecule has 1 atom stereocenters. The van der Waals surface area contributed by atoms with Gasteiger partial charge in [-0.1, -0.05) is 18.2 Å². The highest BCUT2D eigenvalue weighted by atomic mass is 16.5. The fraction of sp³-hybridized carbons (Fsp3) is 0.286. The summed E-state index contributed by atoms with van der Waals surface area (Å²) in [6.45, 7) is 1.60. The Hall–Kier alpha value is -2.14. The van der Waals surface area contributed by atoms with Crippen molar-refractivity contribution in [1.82, 2.24) is 9.47 Å². The summed E-state index contributed by atoms with van der Waals surface area (Å²) < 4.78 is 6.73.